The second-order valence-electron chi connectivity index (χ2n) is 9.42. The summed E-state index contributed by atoms with van der Waals surface area (Å²) in [5.41, 5.74) is 2.66. The van der Waals surface area contributed by atoms with Crippen LogP contribution in [0.1, 0.15) is 64.9 Å². The molecule has 11 heteroatoms. The number of imidazole rings is 1. The van der Waals surface area contributed by atoms with E-state index >= 15 is 0 Å². The third-order valence-corrected chi connectivity index (χ3v) is 7.04. The fourth-order valence-electron chi connectivity index (χ4n) is 4.92. The number of anilines is 1. The number of aryl methyl sites for hydroxylation is 1. The third-order valence-electron chi connectivity index (χ3n) is 7.04. The first-order chi connectivity index (χ1) is 15.9. The Kier molecular flexibility index (Phi) is 4.49. The Morgan fingerprint density at radius 3 is 2.88 bits per heavy atom. The molecule has 0 unspecified atom stereocenters. The van der Waals surface area contributed by atoms with Crippen LogP contribution in [0.4, 0.5) is 14.6 Å². The molecule has 3 aromatic heterocycles. The first-order valence-corrected chi connectivity index (χ1v) is 11.1. The van der Waals surface area contributed by atoms with Gasteiger partial charge in [0.2, 0.25) is 0 Å². The minimum absolute atomic E-state index is 0.0605. The average Bonchev–Trinajstić information content (AvgIpc) is 3.08. The minimum Gasteiger partial charge on any atom is -0.355 e. The number of alkyl halides is 2. The maximum absolute atomic E-state index is 13.7. The highest BCUT2D eigenvalue weighted by Crippen LogP contribution is 2.53. The predicted octanol–water partition coefficient (Wildman–Crippen LogP) is 2.41. The van der Waals surface area contributed by atoms with Gasteiger partial charge < -0.3 is 14.8 Å². The van der Waals surface area contributed by atoms with Gasteiger partial charge in [-0.15, -0.1) is 5.10 Å². The van der Waals surface area contributed by atoms with Gasteiger partial charge in [-0.1, -0.05) is 11.3 Å². The van der Waals surface area contributed by atoms with Crippen molar-refractivity contribution in [2.24, 2.45) is 12.5 Å². The number of hydrogen-bond acceptors (Lipinski definition) is 6. The van der Waals surface area contributed by atoms with E-state index in [0.717, 1.165) is 37.3 Å². The molecule has 3 aromatic rings. The SMILES string of the molecule is Cn1cnc2c1CC[C@H]2NC(=O)c1cn(Cc2ccc(N3CC4(CC4)C3)nc2C(F)F)nn1. The molecule has 3 aliphatic rings. The zero-order valence-corrected chi connectivity index (χ0v) is 18.2. The number of nitrogens with zero attached hydrogens (tertiary/aromatic N) is 7. The number of halogens is 2. The van der Waals surface area contributed by atoms with Crippen molar-refractivity contribution in [3.63, 3.8) is 0 Å². The van der Waals surface area contributed by atoms with Gasteiger partial charge in [0, 0.05) is 36.8 Å². The van der Waals surface area contributed by atoms with Crippen LogP contribution in [0.25, 0.3) is 0 Å². The smallest absolute Gasteiger partial charge is 0.280 e. The van der Waals surface area contributed by atoms with E-state index in [1.165, 1.54) is 23.7 Å². The van der Waals surface area contributed by atoms with Crippen LogP contribution in [-0.2, 0) is 20.0 Å². The molecule has 1 N–H and O–H groups in total. The maximum atomic E-state index is 13.7. The zero-order valence-electron chi connectivity index (χ0n) is 18.2. The lowest BCUT2D eigenvalue weighted by Gasteiger charge is -2.41. The van der Waals surface area contributed by atoms with Gasteiger partial charge >= 0.3 is 0 Å². The molecule has 0 bridgehead atoms. The van der Waals surface area contributed by atoms with E-state index in [-0.39, 0.29) is 29.9 Å². The monoisotopic (exact) mass is 454 g/mol. The van der Waals surface area contributed by atoms with Gasteiger partial charge in [-0.25, -0.2) is 23.4 Å². The van der Waals surface area contributed by atoms with Gasteiger partial charge in [0.25, 0.3) is 12.3 Å². The summed E-state index contributed by atoms with van der Waals surface area (Å²) in [4.78, 5) is 23.3. The van der Waals surface area contributed by atoms with Crippen LogP contribution in [0.15, 0.2) is 24.7 Å². The summed E-state index contributed by atoms with van der Waals surface area (Å²) in [6.07, 6.45) is 4.58. The summed E-state index contributed by atoms with van der Waals surface area (Å²) in [5.74, 6) is 0.231. The van der Waals surface area contributed by atoms with Crippen molar-refractivity contribution < 1.29 is 13.6 Å². The molecule has 1 atom stereocenters. The van der Waals surface area contributed by atoms with Gasteiger partial charge in [0.1, 0.15) is 11.5 Å². The first kappa shape index (κ1) is 20.3. The number of carbonyl (C=O) groups is 1. The Balaban J connectivity index is 1.15. The highest BCUT2D eigenvalue weighted by Gasteiger charge is 2.52. The van der Waals surface area contributed by atoms with Crippen molar-refractivity contribution in [3.05, 3.63) is 53.0 Å². The standard InChI is InChI=1S/C22H24F2N8O/c1-30-12-25-19-14(3-4-16(19)30)26-21(33)15-9-32(29-28-15)8-13-2-5-17(27-18(13)20(23)24)31-10-22(11-31)6-7-22/h2,5,9,12,14,20H,3-4,6-8,10-11H2,1H3,(H,26,33)/t14-/m1/s1. The molecule has 1 saturated carbocycles. The van der Waals surface area contributed by atoms with Crippen molar-refractivity contribution in [1.29, 1.82) is 0 Å². The van der Waals surface area contributed by atoms with Gasteiger partial charge in [-0.2, -0.15) is 0 Å². The number of carbonyl (C=O) groups excluding carboxylic acids is 1. The number of hydrogen-bond donors (Lipinski definition) is 1. The van der Waals surface area contributed by atoms with E-state index in [9.17, 15) is 13.6 Å². The van der Waals surface area contributed by atoms with Gasteiger partial charge in [-0.05, 0) is 31.7 Å². The largest absolute Gasteiger partial charge is 0.355 e. The molecule has 33 heavy (non-hydrogen) atoms. The quantitative estimate of drug-likeness (QED) is 0.615. The fourth-order valence-corrected chi connectivity index (χ4v) is 4.92. The molecule has 1 amide bonds. The van der Waals surface area contributed by atoms with Crippen LogP contribution in [0.5, 0.6) is 0 Å². The number of nitrogens with one attached hydrogen (secondary N) is 1. The normalized spacial score (nSPS) is 20.2. The second kappa shape index (κ2) is 7.32. The maximum Gasteiger partial charge on any atom is 0.280 e. The topological polar surface area (TPSA) is 93.8 Å². The van der Waals surface area contributed by atoms with Gasteiger partial charge in [-0.3, -0.25) is 4.79 Å². The highest BCUT2D eigenvalue weighted by molar-refractivity contribution is 5.92. The first-order valence-electron chi connectivity index (χ1n) is 11.1. The lowest BCUT2D eigenvalue weighted by Crippen LogP contribution is -2.49. The lowest BCUT2D eigenvalue weighted by molar-refractivity contribution is 0.0930. The highest BCUT2D eigenvalue weighted by atomic mass is 19.3. The summed E-state index contributed by atoms with van der Waals surface area (Å²) in [6.45, 7) is 1.85. The van der Waals surface area contributed by atoms with Crippen molar-refractivity contribution in [2.75, 3.05) is 18.0 Å². The van der Waals surface area contributed by atoms with E-state index in [0.29, 0.717) is 16.8 Å². The Labute approximate surface area is 188 Å². The van der Waals surface area contributed by atoms with E-state index < -0.39 is 6.43 Å². The summed E-state index contributed by atoms with van der Waals surface area (Å²) in [6, 6.07) is 3.29. The van der Waals surface area contributed by atoms with E-state index in [1.807, 2.05) is 11.6 Å². The third kappa shape index (κ3) is 3.55. The Morgan fingerprint density at radius 2 is 2.12 bits per heavy atom. The second-order valence-corrected chi connectivity index (χ2v) is 9.42. The van der Waals surface area contributed by atoms with Crippen molar-refractivity contribution in [1.82, 2.24) is 34.8 Å². The van der Waals surface area contributed by atoms with E-state index in [4.69, 9.17) is 0 Å². The lowest BCUT2D eigenvalue weighted by atomic mass is 9.97. The van der Waals surface area contributed by atoms with E-state index in [1.54, 1.807) is 18.5 Å². The molecule has 1 aliphatic heterocycles. The van der Waals surface area contributed by atoms with Crippen LogP contribution in [0.3, 0.4) is 0 Å². The Morgan fingerprint density at radius 1 is 1.30 bits per heavy atom. The van der Waals surface area contributed by atoms with Crippen molar-refractivity contribution in [2.45, 2.75) is 44.7 Å². The fraction of sp³-hybridized carbons (Fsp3) is 0.500. The number of pyridine rings is 1. The number of fused-ring (bicyclic) bond motifs is 1. The average molecular weight is 454 g/mol. The number of rotatable bonds is 6. The van der Waals surface area contributed by atoms with Crippen LogP contribution in [-0.4, -0.2) is 48.5 Å². The predicted molar refractivity (Wildman–Crippen MR) is 114 cm³/mol. The minimum atomic E-state index is -2.70. The summed E-state index contributed by atoms with van der Waals surface area (Å²) < 4.78 is 30.8. The molecule has 0 radical (unpaired) electrons. The molecule has 172 valence electrons. The Bertz CT molecular complexity index is 1220. The molecule has 9 nitrogen and oxygen atoms in total. The van der Waals surface area contributed by atoms with Gasteiger partial charge in [0.05, 0.1) is 30.8 Å². The van der Waals surface area contributed by atoms with Crippen LogP contribution in [0.2, 0.25) is 0 Å². The number of aromatic nitrogens is 6. The number of amides is 1. The molecule has 2 fully saturated rings. The molecule has 1 spiro atoms. The van der Waals surface area contributed by atoms with Crippen LogP contribution < -0.4 is 10.2 Å². The summed E-state index contributed by atoms with van der Waals surface area (Å²) in [7, 11) is 1.93. The summed E-state index contributed by atoms with van der Waals surface area (Å²) in [5, 5.41) is 10.9. The zero-order chi connectivity index (χ0) is 22.7. The van der Waals surface area contributed by atoms with Crippen molar-refractivity contribution in [3.8, 4) is 0 Å². The molecule has 1 saturated heterocycles. The van der Waals surface area contributed by atoms with Gasteiger partial charge in [0.15, 0.2) is 5.69 Å². The molecular formula is C22H24F2N8O. The van der Waals surface area contributed by atoms with Crippen molar-refractivity contribution >= 4 is 11.7 Å². The molecule has 2 aliphatic carbocycles. The van der Waals surface area contributed by atoms with Crippen LogP contribution >= 0.6 is 0 Å². The Hall–Kier alpha value is -3.37. The summed E-state index contributed by atoms with van der Waals surface area (Å²) >= 11 is 0. The van der Waals surface area contributed by atoms with Crippen LogP contribution in [0, 0.1) is 5.41 Å². The molecule has 6 rings (SSSR count). The molecule has 4 heterocycles. The van der Waals surface area contributed by atoms with E-state index in [2.05, 4.69) is 30.5 Å². The molecule has 0 aromatic carbocycles. The molecular weight excluding hydrogens is 430 g/mol.